The fraction of sp³-hybridized carbons (Fsp3) is 0. The lowest BCUT2D eigenvalue weighted by molar-refractivity contribution is 1.18. The Hall–Kier alpha value is -4.11. The monoisotopic (exact) mass is 385 g/mol. The van der Waals surface area contributed by atoms with Gasteiger partial charge in [-0.25, -0.2) is 9.97 Å². The minimum absolute atomic E-state index is 0.901. The Morgan fingerprint density at radius 3 is 1.83 bits per heavy atom. The van der Waals surface area contributed by atoms with Crippen molar-refractivity contribution >= 4 is 0 Å². The van der Waals surface area contributed by atoms with Crippen molar-refractivity contribution in [3.8, 4) is 44.8 Å². The summed E-state index contributed by atoms with van der Waals surface area (Å²) in [6.07, 6.45) is 5.29. The summed E-state index contributed by atoms with van der Waals surface area (Å²) in [5.74, 6) is 0. The van der Waals surface area contributed by atoms with Gasteiger partial charge in [0.05, 0.1) is 11.4 Å². The summed E-state index contributed by atoms with van der Waals surface area (Å²) < 4.78 is 0. The number of hydrogen-bond acceptors (Lipinski definition) is 3. The molecule has 3 aromatic carbocycles. The van der Waals surface area contributed by atoms with Gasteiger partial charge >= 0.3 is 0 Å². The summed E-state index contributed by atoms with van der Waals surface area (Å²) in [6, 6.07) is 33.3. The van der Waals surface area contributed by atoms with E-state index in [4.69, 9.17) is 0 Å². The molecule has 0 unspecified atom stereocenters. The van der Waals surface area contributed by atoms with E-state index in [0.717, 1.165) is 33.6 Å². The molecule has 142 valence electrons. The van der Waals surface area contributed by atoms with Crippen LogP contribution in [0.4, 0.5) is 0 Å². The van der Waals surface area contributed by atoms with E-state index in [1.54, 1.807) is 12.5 Å². The van der Waals surface area contributed by atoms with Crippen molar-refractivity contribution in [3.63, 3.8) is 0 Å². The second-order valence-electron chi connectivity index (χ2n) is 7.05. The summed E-state index contributed by atoms with van der Waals surface area (Å²) >= 11 is 0. The van der Waals surface area contributed by atoms with E-state index >= 15 is 0 Å². The lowest BCUT2D eigenvalue weighted by atomic mass is 10.0. The maximum absolute atomic E-state index is 4.51. The molecule has 0 fully saturated rings. The van der Waals surface area contributed by atoms with Crippen molar-refractivity contribution < 1.29 is 0 Å². The molecular weight excluding hydrogens is 366 g/mol. The van der Waals surface area contributed by atoms with E-state index in [1.807, 2.05) is 30.5 Å². The maximum Gasteiger partial charge on any atom is 0.116 e. The van der Waals surface area contributed by atoms with Crippen LogP contribution in [0.25, 0.3) is 44.8 Å². The summed E-state index contributed by atoms with van der Waals surface area (Å²) in [4.78, 5) is 13.2. The Balaban J connectivity index is 1.46. The standard InChI is InChI=1S/C27H19N3/c1-2-6-20(7-3-1)21-11-13-22(14-12-21)26-17-27(30-19-29-26)24-9-4-8-23(16-24)25-10-5-15-28-18-25/h1-19H. The van der Waals surface area contributed by atoms with Gasteiger partial charge in [0.1, 0.15) is 6.33 Å². The number of aromatic nitrogens is 3. The first-order chi connectivity index (χ1) is 14.9. The first kappa shape index (κ1) is 18.0. The number of benzene rings is 3. The van der Waals surface area contributed by atoms with E-state index in [2.05, 4.69) is 87.7 Å². The molecule has 0 saturated carbocycles. The molecule has 3 nitrogen and oxygen atoms in total. The average Bonchev–Trinajstić information content (AvgIpc) is 2.85. The van der Waals surface area contributed by atoms with Gasteiger partial charge in [-0.3, -0.25) is 4.98 Å². The molecule has 30 heavy (non-hydrogen) atoms. The molecule has 0 bridgehead atoms. The highest BCUT2D eigenvalue weighted by atomic mass is 14.8. The topological polar surface area (TPSA) is 38.7 Å². The molecule has 0 atom stereocenters. The van der Waals surface area contributed by atoms with E-state index in [-0.39, 0.29) is 0 Å². The van der Waals surface area contributed by atoms with Gasteiger partial charge in [0.15, 0.2) is 0 Å². The number of nitrogens with zero attached hydrogens (tertiary/aromatic N) is 3. The van der Waals surface area contributed by atoms with Crippen molar-refractivity contribution in [1.29, 1.82) is 0 Å². The van der Waals surface area contributed by atoms with Crippen LogP contribution in [0.3, 0.4) is 0 Å². The third-order valence-corrected chi connectivity index (χ3v) is 5.11. The summed E-state index contributed by atoms with van der Waals surface area (Å²) in [7, 11) is 0. The molecule has 0 spiro atoms. The smallest absolute Gasteiger partial charge is 0.116 e. The van der Waals surface area contributed by atoms with Crippen LogP contribution in [0.5, 0.6) is 0 Å². The molecule has 5 rings (SSSR count). The van der Waals surface area contributed by atoms with Gasteiger partial charge in [0.25, 0.3) is 0 Å². The first-order valence-corrected chi connectivity index (χ1v) is 9.85. The van der Waals surface area contributed by atoms with Gasteiger partial charge in [-0.1, -0.05) is 78.9 Å². The predicted octanol–water partition coefficient (Wildman–Crippen LogP) is 6.54. The molecule has 3 heteroatoms. The normalized spacial score (nSPS) is 10.7. The third kappa shape index (κ3) is 3.74. The highest BCUT2D eigenvalue weighted by molar-refractivity contribution is 5.74. The molecule has 2 aromatic heterocycles. The zero-order valence-corrected chi connectivity index (χ0v) is 16.3. The average molecular weight is 385 g/mol. The quantitative estimate of drug-likeness (QED) is 0.352. The van der Waals surface area contributed by atoms with E-state index in [0.29, 0.717) is 0 Å². The molecule has 5 aromatic rings. The van der Waals surface area contributed by atoms with Crippen LogP contribution in [-0.4, -0.2) is 15.0 Å². The van der Waals surface area contributed by atoms with E-state index < -0.39 is 0 Å². The largest absolute Gasteiger partial charge is 0.264 e. The zero-order chi connectivity index (χ0) is 20.2. The molecular formula is C27H19N3. The van der Waals surface area contributed by atoms with Gasteiger partial charge in [-0.05, 0) is 34.9 Å². The zero-order valence-electron chi connectivity index (χ0n) is 16.3. The van der Waals surface area contributed by atoms with Crippen LogP contribution < -0.4 is 0 Å². The highest BCUT2D eigenvalue weighted by Gasteiger charge is 2.07. The Morgan fingerprint density at radius 2 is 1.07 bits per heavy atom. The van der Waals surface area contributed by atoms with E-state index in [9.17, 15) is 0 Å². The fourth-order valence-electron chi connectivity index (χ4n) is 3.53. The van der Waals surface area contributed by atoms with Gasteiger partial charge in [0.2, 0.25) is 0 Å². The van der Waals surface area contributed by atoms with Crippen molar-refractivity contribution in [2.45, 2.75) is 0 Å². The summed E-state index contributed by atoms with van der Waals surface area (Å²) in [6.45, 7) is 0. The van der Waals surface area contributed by atoms with E-state index in [1.165, 1.54) is 11.1 Å². The highest BCUT2D eigenvalue weighted by Crippen LogP contribution is 2.28. The van der Waals surface area contributed by atoms with Gasteiger partial charge in [0, 0.05) is 29.1 Å². The van der Waals surface area contributed by atoms with Gasteiger partial charge in [-0.2, -0.15) is 0 Å². The molecule has 0 N–H and O–H groups in total. The maximum atomic E-state index is 4.51. The number of rotatable bonds is 4. The first-order valence-electron chi connectivity index (χ1n) is 9.85. The predicted molar refractivity (Wildman–Crippen MR) is 122 cm³/mol. The Morgan fingerprint density at radius 1 is 0.433 bits per heavy atom. The molecule has 0 saturated heterocycles. The molecule has 0 aliphatic rings. The molecule has 0 aliphatic heterocycles. The van der Waals surface area contributed by atoms with Crippen molar-refractivity contribution in [1.82, 2.24) is 15.0 Å². The summed E-state index contributed by atoms with van der Waals surface area (Å²) in [5, 5.41) is 0. The Kier molecular flexibility index (Phi) is 4.84. The molecule has 0 radical (unpaired) electrons. The van der Waals surface area contributed by atoms with Crippen LogP contribution in [0.15, 0.2) is 116 Å². The van der Waals surface area contributed by atoms with Crippen LogP contribution in [-0.2, 0) is 0 Å². The van der Waals surface area contributed by atoms with Crippen LogP contribution >= 0.6 is 0 Å². The number of pyridine rings is 1. The second kappa shape index (κ2) is 8.10. The van der Waals surface area contributed by atoms with Crippen LogP contribution in [0.1, 0.15) is 0 Å². The SMILES string of the molecule is c1ccc(-c2ccc(-c3cc(-c4cccc(-c5cccnc5)c4)ncn3)cc2)cc1. The third-order valence-electron chi connectivity index (χ3n) is 5.11. The summed E-state index contributed by atoms with van der Waals surface area (Å²) in [5.41, 5.74) is 8.54. The van der Waals surface area contributed by atoms with Crippen LogP contribution in [0, 0.1) is 0 Å². The lowest BCUT2D eigenvalue weighted by Gasteiger charge is -2.08. The Bertz CT molecular complexity index is 1260. The molecule has 0 aliphatic carbocycles. The van der Waals surface area contributed by atoms with Gasteiger partial charge < -0.3 is 0 Å². The van der Waals surface area contributed by atoms with Crippen molar-refractivity contribution in [3.05, 3.63) is 116 Å². The second-order valence-corrected chi connectivity index (χ2v) is 7.05. The van der Waals surface area contributed by atoms with Crippen molar-refractivity contribution in [2.24, 2.45) is 0 Å². The number of hydrogen-bond donors (Lipinski definition) is 0. The minimum atomic E-state index is 0.901. The van der Waals surface area contributed by atoms with Crippen molar-refractivity contribution in [2.75, 3.05) is 0 Å². The molecule has 0 amide bonds. The fourth-order valence-corrected chi connectivity index (χ4v) is 3.53. The molecule has 2 heterocycles. The van der Waals surface area contributed by atoms with Gasteiger partial charge in [-0.15, -0.1) is 0 Å². The lowest BCUT2D eigenvalue weighted by Crippen LogP contribution is -1.90. The minimum Gasteiger partial charge on any atom is -0.264 e. The Labute approximate surface area is 175 Å². The van der Waals surface area contributed by atoms with Crippen LogP contribution in [0.2, 0.25) is 0 Å².